The number of nitrogens with zero attached hydrogens (tertiary/aromatic N) is 2. The summed E-state index contributed by atoms with van der Waals surface area (Å²) in [5, 5.41) is 14.8. The highest BCUT2D eigenvalue weighted by molar-refractivity contribution is 7.15. The van der Waals surface area contributed by atoms with Gasteiger partial charge in [-0.2, -0.15) is 0 Å². The van der Waals surface area contributed by atoms with Crippen molar-refractivity contribution in [2.75, 3.05) is 6.54 Å². The monoisotopic (exact) mass is 321 g/mol. The Morgan fingerprint density at radius 3 is 2.91 bits per heavy atom. The van der Waals surface area contributed by atoms with Gasteiger partial charge in [0.1, 0.15) is 0 Å². The van der Waals surface area contributed by atoms with Crippen molar-refractivity contribution in [2.24, 2.45) is 5.41 Å². The van der Waals surface area contributed by atoms with Gasteiger partial charge in [0.2, 0.25) is 0 Å². The third-order valence-electron chi connectivity index (χ3n) is 4.48. The van der Waals surface area contributed by atoms with Crippen LogP contribution in [0.25, 0.3) is 4.96 Å². The molecule has 2 N–H and O–H groups in total. The maximum absolute atomic E-state index is 11.1. The van der Waals surface area contributed by atoms with Gasteiger partial charge in [0.25, 0.3) is 0 Å². The molecule has 0 unspecified atom stereocenters. The highest BCUT2D eigenvalue weighted by atomic mass is 32.1. The Balaban J connectivity index is 1.67. The molecule has 2 aromatic rings. The fourth-order valence-corrected chi connectivity index (χ4v) is 3.66. The van der Waals surface area contributed by atoms with Crippen LogP contribution >= 0.6 is 11.3 Å². The van der Waals surface area contributed by atoms with Crippen molar-refractivity contribution in [3.05, 3.63) is 22.5 Å². The van der Waals surface area contributed by atoms with Gasteiger partial charge in [0.15, 0.2) is 4.96 Å². The van der Waals surface area contributed by atoms with Crippen molar-refractivity contribution in [3.63, 3.8) is 0 Å². The lowest BCUT2D eigenvalue weighted by Crippen LogP contribution is -2.29. The minimum absolute atomic E-state index is 0.614. The molecule has 1 saturated carbocycles. The van der Waals surface area contributed by atoms with Gasteiger partial charge < -0.3 is 10.4 Å². The molecular formula is C16H23N3O2S. The van der Waals surface area contributed by atoms with E-state index in [1.54, 1.807) is 25.2 Å². The number of aryl methyl sites for hydroxylation is 1. The number of carbonyl (C=O) groups is 1. The summed E-state index contributed by atoms with van der Waals surface area (Å²) in [5.74, 6) is -0.0434. The van der Waals surface area contributed by atoms with Crippen molar-refractivity contribution >= 4 is 22.3 Å². The third kappa shape index (κ3) is 2.90. The van der Waals surface area contributed by atoms with Crippen LogP contribution in [0.5, 0.6) is 0 Å². The number of hydrogen-bond acceptors (Lipinski definition) is 4. The van der Waals surface area contributed by atoms with E-state index in [4.69, 9.17) is 5.11 Å². The maximum Gasteiger partial charge on any atom is 0.309 e. The third-order valence-corrected chi connectivity index (χ3v) is 5.32. The largest absolute Gasteiger partial charge is 0.481 e. The first-order chi connectivity index (χ1) is 10.4. The molecule has 0 amide bonds. The fraction of sp³-hybridized carbons (Fsp3) is 0.625. The number of carboxylic acids is 1. The molecule has 1 aliphatic carbocycles. The van der Waals surface area contributed by atoms with Gasteiger partial charge in [0, 0.05) is 23.5 Å². The van der Waals surface area contributed by atoms with Gasteiger partial charge in [-0.25, -0.2) is 4.98 Å². The van der Waals surface area contributed by atoms with Crippen LogP contribution in [0.3, 0.4) is 0 Å². The first kappa shape index (κ1) is 15.5. The Labute approximate surface area is 134 Å². The topological polar surface area (TPSA) is 66.6 Å². The van der Waals surface area contributed by atoms with E-state index in [0.29, 0.717) is 18.9 Å². The molecule has 5 nitrogen and oxygen atoms in total. The number of aromatic nitrogens is 2. The van der Waals surface area contributed by atoms with Gasteiger partial charge in [-0.15, -0.1) is 11.3 Å². The Bertz CT molecular complexity index is 698. The second-order valence-electron chi connectivity index (χ2n) is 6.81. The molecule has 3 rings (SSSR count). The molecule has 120 valence electrons. The van der Waals surface area contributed by atoms with E-state index in [9.17, 15) is 4.79 Å². The molecule has 2 aromatic heterocycles. The molecule has 6 heteroatoms. The van der Waals surface area contributed by atoms with Crippen molar-refractivity contribution in [1.82, 2.24) is 14.7 Å². The number of aliphatic carboxylic acids is 1. The summed E-state index contributed by atoms with van der Waals surface area (Å²) in [5.41, 5.74) is 2.99. The molecule has 22 heavy (non-hydrogen) atoms. The zero-order valence-corrected chi connectivity index (χ0v) is 14.2. The van der Waals surface area contributed by atoms with Crippen LogP contribution in [0.1, 0.15) is 56.1 Å². The molecular weight excluding hydrogens is 298 g/mol. The maximum atomic E-state index is 11.1. The van der Waals surface area contributed by atoms with Gasteiger partial charge >= 0.3 is 5.97 Å². The molecule has 0 atom stereocenters. The van der Waals surface area contributed by atoms with Gasteiger partial charge in [-0.3, -0.25) is 9.20 Å². The van der Waals surface area contributed by atoms with E-state index in [1.165, 1.54) is 24.2 Å². The van der Waals surface area contributed by atoms with Gasteiger partial charge in [-0.1, -0.05) is 0 Å². The first-order valence-electron chi connectivity index (χ1n) is 7.79. The molecule has 0 aromatic carbocycles. The lowest BCUT2D eigenvalue weighted by atomic mass is 9.90. The molecule has 1 fully saturated rings. The first-order valence-corrected chi connectivity index (χ1v) is 8.67. The van der Waals surface area contributed by atoms with E-state index in [-0.39, 0.29) is 0 Å². The zero-order chi connectivity index (χ0) is 15.9. The average Bonchev–Trinajstić information content (AvgIpc) is 3.13. The smallest absolute Gasteiger partial charge is 0.309 e. The summed E-state index contributed by atoms with van der Waals surface area (Å²) in [7, 11) is 0. The number of imidazole rings is 1. The Kier molecular flexibility index (Phi) is 3.99. The molecule has 0 saturated heterocycles. The normalized spacial score (nSPS) is 15.6. The van der Waals surface area contributed by atoms with Crippen LogP contribution in [-0.4, -0.2) is 27.0 Å². The van der Waals surface area contributed by atoms with E-state index < -0.39 is 11.4 Å². The van der Waals surface area contributed by atoms with Crippen LogP contribution < -0.4 is 5.32 Å². The van der Waals surface area contributed by atoms with E-state index in [0.717, 1.165) is 17.2 Å². The van der Waals surface area contributed by atoms with Crippen LogP contribution in [0.2, 0.25) is 0 Å². The molecule has 2 heterocycles. The van der Waals surface area contributed by atoms with Crippen LogP contribution in [0.15, 0.2) is 5.38 Å². The fourth-order valence-electron chi connectivity index (χ4n) is 2.63. The molecule has 0 aliphatic heterocycles. The van der Waals surface area contributed by atoms with Crippen LogP contribution in [-0.2, 0) is 11.3 Å². The van der Waals surface area contributed by atoms with Crippen molar-refractivity contribution < 1.29 is 9.90 Å². The molecule has 0 radical (unpaired) electrons. The second-order valence-corrected chi connectivity index (χ2v) is 7.65. The quantitative estimate of drug-likeness (QED) is 0.769. The summed E-state index contributed by atoms with van der Waals surface area (Å²) in [6, 6.07) is 0. The number of rotatable bonds is 7. The predicted octanol–water partition coefficient (Wildman–Crippen LogP) is 3.17. The number of fused-ring (bicyclic) bond motifs is 1. The highest BCUT2D eigenvalue weighted by Gasteiger charge is 2.29. The minimum atomic E-state index is -0.744. The van der Waals surface area contributed by atoms with Gasteiger partial charge in [0.05, 0.1) is 16.8 Å². The summed E-state index contributed by atoms with van der Waals surface area (Å²) in [6.45, 7) is 7.01. The summed E-state index contributed by atoms with van der Waals surface area (Å²) in [4.78, 5) is 16.8. The van der Waals surface area contributed by atoms with E-state index >= 15 is 0 Å². The van der Waals surface area contributed by atoms with E-state index in [2.05, 4.69) is 27.0 Å². The lowest BCUT2D eigenvalue weighted by Gasteiger charge is -2.19. The summed E-state index contributed by atoms with van der Waals surface area (Å²) >= 11 is 1.71. The van der Waals surface area contributed by atoms with Crippen molar-refractivity contribution in [2.45, 2.75) is 52.5 Å². The number of nitrogens with one attached hydrogen (secondary N) is 1. The lowest BCUT2D eigenvalue weighted by molar-refractivity contribution is -0.147. The molecule has 0 bridgehead atoms. The standard InChI is InChI=1S/C16H23N3O2S/c1-10-12(8-17-7-6-16(2,3)14(20)21)19-13(11-4-5-11)9-22-15(19)18-10/h9,11,17H,4-8H2,1-3H3,(H,20,21). The summed E-state index contributed by atoms with van der Waals surface area (Å²) in [6.07, 6.45) is 3.17. The number of thiazole rings is 1. The SMILES string of the molecule is Cc1nc2scc(C3CC3)n2c1CNCCC(C)(C)C(=O)O. The number of hydrogen-bond donors (Lipinski definition) is 2. The number of carboxylic acid groups (broad SMARTS) is 1. The highest BCUT2D eigenvalue weighted by Crippen LogP contribution is 2.42. The Morgan fingerprint density at radius 2 is 2.27 bits per heavy atom. The van der Waals surface area contributed by atoms with Gasteiger partial charge in [-0.05, 0) is 46.6 Å². The van der Waals surface area contributed by atoms with Crippen molar-refractivity contribution in [3.8, 4) is 0 Å². The van der Waals surface area contributed by atoms with E-state index in [1.807, 2.05) is 0 Å². The zero-order valence-electron chi connectivity index (χ0n) is 13.3. The second kappa shape index (κ2) is 5.66. The summed E-state index contributed by atoms with van der Waals surface area (Å²) < 4.78 is 2.30. The Hall–Kier alpha value is -1.40. The van der Waals surface area contributed by atoms with Crippen LogP contribution in [0, 0.1) is 12.3 Å². The molecule has 1 aliphatic rings. The molecule has 0 spiro atoms. The predicted molar refractivity (Wildman–Crippen MR) is 87.5 cm³/mol. The average molecular weight is 321 g/mol. The van der Waals surface area contributed by atoms with Crippen LogP contribution in [0.4, 0.5) is 0 Å². The Morgan fingerprint density at radius 1 is 1.55 bits per heavy atom. The minimum Gasteiger partial charge on any atom is -0.481 e. The van der Waals surface area contributed by atoms with Crippen molar-refractivity contribution in [1.29, 1.82) is 0 Å².